The van der Waals surface area contributed by atoms with Crippen molar-refractivity contribution in [2.75, 3.05) is 11.4 Å². The number of para-hydroxylation sites is 1. The molecule has 3 rings (SSSR count). The first-order chi connectivity index (χ1) is 13.2. The van der Waals surface area contributed by atoms with Crippen LogP contribution < -0.4 is 4.90 Å². The van der Waals surface area contributed by atoms with Gasteiger partial charge in [-0.15, -0.1) is 0 Å². The lowest BCUT2D eigenvalue weighted by molar-refractivity contribution is 0.139. The zero-order valence-electron chi connectivity index (χ0n) is 17.6. The summed E-state index contributed by atoms with van der Waals surface area (Å²) in [6.07, 6.45) is 0.501. The van der Waals surface area contributed by atoms with E-state index in [1.165, 1.54) is 0 Å². The Morgan fingerprint density at radius 3 is 2.39 bits per heavy atom. The molecule has 0 saturated carbocycles. The van der Waals surface area contributed by atoms with Gasteiger partial charge in [-0.3, -0.25) is 4.90 Å². The Morgan fingerprint density at radius 1 is 1.07 bits per heavy atom. The molecule has 1 heterocycles. The lowest BCUT2D eigenvalue weighted by Crippen LogP contribution is -2.44. The highest BCUT2D eigenvalue weighted by Crippen LogP contribution is 2.44. The number of fused-ring (bicyclic) bond motifs is 1. The zero-order valence-corrected chi connectivity index (χ0v) is 18.6. The topological polar surface area (TPSA) is 38.8 Å². The SMILES string of the molecule is CC(C)(C)[Si](C)(C)OC1CCN(C(=O)OCc2ccccc2)c2ccccc21. The van der Waals surface area contributed by atoms with Gasteiger partial charge >= 0.3 is 6.09 Å². The smallest absolute Gasteiger partial charge is 0.414 e. The summed E-state index contributed by atoms with van der Waals surface area (Å²) in [4.78, 5) is 14.5. The Balaban J connectivity index is 1.76. The minimum atomic E-state index is -1.90. The number of ether oxygens (including phenoxy) is 1. The molecule has 0 aromatic heterocycles. The van der Waals surface area contributed by atoms with Crippen LogP contribution in [0.2, 0.25) is 18.1 Å². The largest absolute Gasteiger partial charge is 0.444 e. The van der Waals surface area contributed by atoms with Crippen molar-refractivity contribution in [1.29, 1.82) is 0 Å². The Kier molecular flexibility index (Phi) is 5.96. The second-order valence-electron chi connectivity index (χ2n) is 8.91. The van der Waals surface area contributed by atoms with Gasteiger partial charge in [0.15, 0.2) is 8.32 Å². The third-order valence-electron chi connectivity index (χ3n) is 5.86. The summed E-state index contributed by atoms with van der Waals surface area (Å²) < 4.78 is 12.3. The van der Waals surface area contributed by atoms with Crippen molar-refractivity contribution in [3.8, 4) is 0 Å². The number of hydrogen-bond donors (Lipinski definition) is 0. The molecule has 1 unspecified atom stereocenters. The van der Waals surface area contributed by atoms with E-state index < -0.39 is 8.32 Å². The molecule has 0 fully saturated rings. The highest BCUT2D eigenvalue weighted by Gasteiger charge is 2.41. The third-order valence-corrected chi connectivity index (χ3v) is 10.3. The van der Waals surface area contributed by atoms with Crippen LogP contribution in [0.3, 0.4) is 0 Å². The molecule has 1 atom stereocenters. The highest BCUT2D eigenvalue weighted by atomic mass is 28.4. The predicted molar refractivity (Wildman–Crippen MR) is 116 cm³/mol. The summed E-state index contributed by atoms with van der Waals surface area (Å²) in [5.41, 5.74) is 2.96. The van der Waals surface area contributed by atoms with Crippen molar-refractivity contribution in [2.45, 2.75) is 58.0 Å². The number of benzene rings is 2. The van der Waals surface area contributed by atoms with E-state index in [1.807, 2.05) is 48.5 Å². The average molecular weight is 398 g/mol. The Labute approximate surface area is 169 Å². The monoisotopic (exact) mass is 397 g/mol. The zero-order chi connectivity index (χ0) is 20.4. The number of anilines is 1. The maximum Gasteiger partial charge on any atom is 0.414 e. The van der Waals surface area contributed by atoms with Crippen LogP contribution in [-0.2, 0) is 15.8 Å². The maximum absolute atomic E-state index is 12.8. The van der Waals surface area contributed by atoms with Gasteiger partial charge in [0.2, 0.25) is 0 Å². The number of amides is 1. The lowest BCUT2D eigenvalue weighted by atomic mass is 9.99. The summed E-state index contributed by atoms with van der Waals surface area (Å²) in [6, 6.07) is 17.8. The third kappa shape index (κ3) is 4.47. The predicted octanol–water partition coefficient (Wildman–Crippen LogP) is 6.30. The molecule has 0 spiro atoms. The minimum absolute atomic E-state index is 0.0234. The quantitative estimate of drug-likeness (QED) is 0.569. The van der Waals surface area contributed by atoms with Crippen molar-refractivity contribution in [3.63, 3.8) is 0 Å². The van der Waals surface area contributed by atoms with Gasteiger partial charge in [-0.2, -0.15) is 0 Å². The molecular formula is C23H31NO3Si. The number of rotatable bonds is 4. The molecule has 1 aliphatic rings. The molecule has 0 N–H and O–H groups in total. The van der Waals surface area contributed by atoms with Crippen LogP contribution >= 0.6 is 0 Å². The van der Waals surface area contributed by atoms with Crippen molar-refractivity contribution in [3.05, 3.63) is 65.7 Å². The first-order valence-electron chi connectivity index (χ1n) is 9.94. The summed E-state index contributed by atoms with van der Waals surface area (Å²) in [7, 11) is -1.90. The fraction of sp³-hybridized carbons (Fsp3) is 0.435. The normalized spacial score (nSPS) is 17.2. The number of nitrogens with zero attached hydrogens (tertiary/aromatic N) is 1. The summed E-state index contributed by atoms with van der Waals surface area (Å²) in [6.45, 7) is 12.2. The molecular weight excluding hydrogens is 366 g/mol. The van der Waals surface area contributed by atoms with Gasteiger partial charge in [0.25, 0.3) is 0 Å². The van der Waals surface area contributed by atoms with E-state index in [0.717, 1.165) is 23.2 Å². The van der Waals surface area contributed by atoms with Crippen molar-refractivity contribution < 1.29 is 14.0 Å². The van der Waals surface area contributed by atoms with E-state index in [-0.39, 0.29) is 23.8 Å². The van der Waals surface area contributed by atoms with E-state index in [0.29, 0.717) is 6.54 Å². The van der Waals surface area contributed by atoms with Gasteiger partial charge < -0.3 is 9.16 Å². The molecule has 28 heavy (non-hydrogen) atoms. The first-order valence-corrected chi connectivity index (χ1v) is 12.8. The van der Waals surface area contributed by atoms with Crippen molar-refractivity contribution in [1.82, 2.24) is 0 Å². The Bertz CT molecular complexity index is 814. The average Bonchev–Trinajstić information content (AvgIpc) is 2.66. The van der Waals surface area contributed by atoms with Gasteiger partial charge in [-0.25, -0.2) is 4.79 Å². The maximum atomic E-state index is 12.8. The molecule has 0 bridgehead atoms. The summed E-state index contributed by atoms with van der Waals surface area (Å²) in [5.74, 6) is 0. The molecule has 150 valence electrons. The fourth-order valence-electron chi connectivity index (χ4n) is 3.17. The molecule has 0 radical (unpaired) electrons. The van der Waals surface area contributed by atoms with Crippen LogP contribution in [-0.4, -0.2) is 21.0 Å². The molecule has 5 heteroatoms. The van der Waals surface area contributed by atoms with Crippen LogP contribution in [0, 0.1) is 0 Å². The molecule has 4 nitrogen and oxygen atoms in total. The number of hydrogen-bond acceptors (Lipinski definition) is 3. The number of carbonyl (C=O) groups excluding carboxylic acids is 1. The molecule has 1 aliphatic heterocycles. The molecule has 2 aromatic carbocycles. The summed E-state index contributed by atoms with van der Waals surface area (Å²) >= 11 is 0. The first kappa shape index (κ1) is 20.6. The van der Waals surface area contributed by atoms with E-state index in [2.05, 4.69) is 39.9 Å². The fourth-order valence-corrected chi connectivity index (χ4v) is 4.48. The Morgan fingerprint density at radius 2 is 1.71 bits per heavy atom. The van der Waals surface area contributed by atoms with Gasteiger partial charge in [-0.05, 0) is 36.2 Å². The molecule has 1 amide bonds. The summed E-state index contributed by atoms with van der Waals surface area (Å²) in [5, 5.41) is 0.147. The highest BCUT2D eigenvalue weighted by molar-refractivity contribution is 6.74. The van der Waals surface area contributed by atoms with E-state index >= 15 is 0 Å². The van der Waals surface area contributed by atoms with Gasteiger partial charge in [0.05, 0.1) is 11.8 Å². The molecule has 0 saturated heterocycles. The second-order valence-corrected chi connectivity index (χ2v) is 13.7. The number of carbonyl (C=O) groups is 1. The minimum Gasteiger partial charge on any atom is -0.444 e. The van der Waals surface area contributed by atoms with Crippen LogP contribution in [0.5, 0.6) is 0 Å². The molecule has 0 aliphatic carbocycles. The van der Waals surface area contributed by atoms with E-state index in [9.17, 15) is 4.79 Å². The van der Waals surface area contributed by atoms with Crippen molar-refractivity contribution in [2.24, 2.45) is 0 Å². The van der Waals surface area contributed by atoms with Crippen LogP contribution in [0.1, 0.15) is 44.4 Å². The van der Waals surface area contributed by atoms with E-state index in [1.54, 1.807) is 4.90 Å². The molecule has 2 aromatic rings. The Hall–Kier alpha value is -2.11. The van der Waals surface area contributed by atoms with E-state index in [4.69, 9.17) is 9.16 Å². The van der Waals surface area contributed by atoms with Crippen LogP contribution in [0.25, 0.3) is 0 Å². The van der Waals surface area contributed by atoms with Crippen molar-refractivity contribution >= 4 is 20.1 Å². The van der Waals surface area contributed by atoms with Crippen LogP contribution in [0.4, 0.5) is 10.5 Å². The second kappa shape index (κ2) is 8.09. The van der Waals surface area contributed by atoms with Gasteiger partial charge in [-0.1, -0.05) is 69.3 Å². The standard InChI is InChI=1S/C23H31NO3Si/c1-23(2,3)28(4,5)27-21-15-16-24(20-14-10-9-13-19(20)21)22(25)26-17-18-11-7-6-8-12-18/h6-14,21H,15-17H2,1-5H3. The van der Waals surface area contributed by atoms with Crippen LogP contribution in [0.15, 0.2) is 54.6 Å². The van der Waals surface area contributed by atoms with Gasteiger partial charge in [0.1, 0.15) is 6.61 Å². The lowest BCUT2D eigenvalue weighted by Gasteiger charge is -2.42. The van der Waals surface area contributed by atoms with Gasteiger partial charge in [0, 0.05) is 12.1 Å².